The average molecular weight is 516 g/mol. The molecule has 0 aliphatic rings. The van der Waals surface area contributed by atoms with E-state index >= 15 is 0 Å². The zero-order valence-electron chi connectivity index (χ0n) is 17.2. The summed E-state index contributed by atoms with van der Waals surface area (Å²) in [5.74, 6) is 0.116. The Morgan fingerprint density at radius 2 is 1.84 bits per heavy atom. The molecule has 0 spiro atoms. The Labute approximate surface area is 188 Å². The van der Waals surface area contributed by atoms with E-state index in [1.165, 1.54) is 39.7 Å². The SMILES string of the molecule is COc1ccc(OC)c(N(CC(=O)N/N=C\c2cc(Br)c(O)c(OC)c2)S(C)(=O)=O)c1. The Balaban J connectivity index is 2.22. The lowest BCUT2D eigenvalue weighted by Crippen LogP contribution is -2.39. The van der Waals surface area contributed by atoms with Gasteiger partial charge in [-0.1, -0.05) is 0 Å². The fourth-order valence-electron chi connectivity index (χ4n) is 2.54. The highest BCUT2D eigenvalue weighted by molar-refractivity contribution is 9.10. The van der Waals surface area contributed by atoms with E-state index in [1.54, 1.807) is 18.2 Å². The molecule has 2 aromatic carbocycles. The molecule has 0 fully saturated rings. The third-order valence-corrected chi connectivity index (χ3v) is 5.75. The monoisotopic (exact) mass is 515 g/mol. The summed E-state index contributed by atoms with van der Waals surface area (Å²) in [4.78, 5) is 12.4. The first-order valence-corrected chi connectivity index (χ1v) is 11.3. The molecule has 0 aromatic heterocycles. The molecule has 0 saturated heterocycles. The Hall–Kier alpha value is -2.99. The second-order valence-electron chi connectivity index (χ2n) is 6.15. The quantitative estimate of drug-likeness (QED) is 0.386. The van der Waals surface area contributed by atoms with Crippen LogP contribution in [-0.4, -0.2) is 59.8 Å². The van der Waals surface area contributed by atoms with E-state index in [9.17, 15) is 18.3 Å². The molecule has 0 saturated carbocycles. The van der Waals surface area contributed by atoms with Crippen molar-refractivity contribution in [2.45, 2.75) is 0 Å². The van der Waals surface area contributed by atoms with Crippen LogP contribution in [0.4, 0.5) is 5.69 Å². The predicted molar refractivity (Wildman–Crippen MR) is 120 cm³/mol. The van der Waals surface area contributed by atoms with Crippen molar-refractivity contribution in [3.63, 3.8) is 0 Å². The van der Waals surface area contributed by atoms with E-state index in [0.29, 0.717) is 15.8 Å². The molecule has 2 N–H and O–H groups in total. The van der Waals surface area contributed by atoms with Gasteiger partial charge in [0.1, 0.15) is 18.0 Å². The van der Waals surface area contributed by atoms with Gasteiger partial charge in [-0.25, -0.2) is 13.8 Å². The molecule has 12 heteroatoms. The Morgan fingerprint density at radius 3 is 2.42 bits per heavy atom. The van der Waals surface area contributed by atoms with Gasteiger partial charge in [0.05, 0.1) is 44.0 Å². The number of nitrogens with zero attached hydrogens (tertiary/aromatic N) is 2. The topological polar surface area (TPSA) is 127 Å². The highest BCUT2D eigenvalue weighted by Gasteiger charge is 2.24. The number of methoxy groups -OCH3 is 3. The number of phenolic OH excluding ortho intramolecular Hbond substituents is 1. The molecular formula is C19H22BrN3O7S. The highest BCUT2D eigenvalue weighted by Crippen LogP contribution is 2.35. The molecule has 10 nitrogen and oxygen atoms in total. The van der Waals surface area contributed by atoms with Crippen LogP contribution in [0.2, 0.25) is 0 Å². The van der Waals surface area contributed by atoms with Crippen LogP contribution < -0.4 is 23.9 Å². The number of hydrogen-bond acceptors (Lipinski definition) is 8. The first kappa shape index (κ1) is 24.3. The largest absolute Gasteiger partial charge is 0.503 e. The summed E-state index contributed by atoms with van der Waals surface area (Å²) in [7, 11) is 0.395. The van der Waals surface area contributed by atoms with Crippen LogP contribution in [0.1, 0.15) is 5.56 Å². The van der Waals surface area contributed by atoms with E-state index < -0.39 is 22.5 Å². The number of carbonyl (C=O) groups excluding carboxylic acids is 1. The van der Waals surface area contributed by atoms with Crippen molar-refractivity contribution in [1.29, 1.82) is 0 Å². The predicted octanol–water partition coefficient (Wildman–Crippen LogP) is 2.10. The Bertz CT molecular complexity index is 1090. The van der Waals surface area contributed by atoms with Crippen molar-refractivity contribution in [3.05, 3.63) is 40.4 Å². The van der Waals surface area contributed by atoms with Gasteiger partial charge in [-0.3, -0.25) is 9.10 Å². The first-order valence-electron chi connectivity index (χ1n) is 8.68. The van der Waals surface area contributed by atoms with Crippen molar-refractivity contribution in [1.82, 2.24) is 5.43 Å². The van der Waals surface area contributed by atoms with E-state index in [0.717, 1.165) is 10.6 Å². The van der Waals surface area contributed by atoms with Gasteiger partial charge < -0.3 is 19.3 Å². The molecule has 0 radical (unpaired) electrons. The fourth-order valence-corrected chi connectivity index (χ4v) is 3.85. The van der Waals surface area contributed by atoms with Crippen molar-refractivity contribution < 1.29 is 32.5 Å². The number of aromatic hydroxyl groups is 1. The van der Waals surface area contributed by atoms with E-state index in [2.05, 4.69) is 26.5 Å². The maximum Gasteiger partial charge on any atom is 0.260 e. The molecule has 0 aliphatic heterocycles. The van der Waals surface area contributed by atoms with Crippen LogP contribution >= 0.6 is 15.9 Å². The number of sulfonamides is 1. The minimum atomic E-state index is -3.83. The number of rotatable bonds is 9. The molecule has 168 valence electrons. The zero-order chi connectivity index (χ0) is 23.2. The number of phenols is 1. The number of hydrogen-bond donors (Lipinski definition) is 2. The van der Waals surface area contributed by atoms with Gasteiger partial charge in [0.2, 0.25) is 10.0 Å². The summed E-state index contributed by atoms with van der Waals surface area (Å²) >= 11 is 3.19. The smallest absolute Gasteiger partial charge is 0.260 e. The van der Waals surface area contributed by atoms with Crippen LogP contribution in [0, 0.1) is 0 Å². The van der Waals surface area contributed by atoms with Crippen molar-refractivity contribution in [3.8, 4) is 23.0 Å². The highest BCUT2D eigenvalue weighted by atomic mass is 79.9. The molecule has 1 amide bonds. The summed E-state index contributed by atoms with van der Waals surface area (Å²) < 4.78 is 41.4. The van der Waals surface area contributed by atoms with Gasteiger partial charge in [-0.05, 0) is 45.8 Å². The molecular weight excluding hydrogens is 494 g/mol. The van der Waals surface area contributed by atoms with Crippen molar-refractivity contribution in [2.75, 3.05) is 38.4 Å². The van der Waals surface area contributed by atoms with Gasteiger partial charge >= 0.3 is 0 Å². The Kier molecular flexibility index (Phi) is 8.11. The van der Waals surface area contributed by atoms with E-state index in [-0.39, 0.29) is 22.9 Å². The lowest BCUT2D eigenvalue weighted by atomic mass is 10.2. The minimum Gasteiger partial charge on any atom is -0.503 e. The summed E-state index contributed by atoms with van der Waals surface area (Å²) in [5, 5.41) is 13.7. The number of carbonyl (C=O) groups is 1. The second kappa shape index (κ2) is 10.4. The Morgan fingerprint density at radius 1 is 1.16 bits per heavy atom. The molecule has 0 atom stereocenters. The van der Waals surface area contributed by atoms with E-state index in [4.69, 9.17) is 14.2 Å². The molecule has 31 heavy (non-hydrogen) atoms. The summed E-state index contributed by atoms with van der Waals surface area (Å²) in [6.45, 7) is -0.539. The minimum absolute atomic E-state index is 0.0697. The van der Waals surface area contributed by atoms with Crippen LogP contribution in [0.15, 0.2) is 39.9 Å². The van der Waals surface area contributed by atoms with Crippen molar-refractivity contribution >= 4 is 43.8 Å². The lowest BCUT2D eigenvalue weighted by molar-refractivity contribution is -0.119. The molecule has 0 heterocycles. The first-order chi connectivity index (χ1) is 14.6. The maximum absolute atomic E-state index is 12.4. The number of amides is 1. The van der Waals surface area contributed by atoms with Crippen LogP contribution in [0.25, 0.3) is 0 Å². The van der Waals surface area contributed by atoms with Gasteiger partial charge in [0.15, 0.2) is 11.5 Å². The second-order valence-corrected chi connectivity index (χ2v) is 8.92. The van der Waals surface area contributed by atoms with Crippen LogP contribution in [0.3, 0.4) is 0 Å². The molecule has 2 aromatic rings. The average Bonchev–Trinajstić information content (AvgIpc) is 2.73. The van der Waals surface area contributed by atoms with Gasteiger partial charge in [0.25, 0.3) is 5.91 Å². The van der Waals surface area contributed by atoms with Crippen LogP contribution in [-0.2, 0) is 14.8 Å². The molecule has 0 unspecified atom stereocenters. The number of nitrogens with one attached hydrogen (secondary N) is 1. The van der Waals surface area contributed by atoms with Crippen molar-refractivity contribution in [2.24, 2.45) is 5.10 Å². The van der Waals surface area contributed by atoms with Gasteiger partial charge in [0, 0.05) is 6.07 Å². The number of halogens is 1. The summed E-state index contributed by atoms with van der Waals surface area (Å²) in [6.07, 6.45) is 2.30. The summed E-state index contributed by atoms with van der Waals surface area (Å²) in [6, 6.07) is 7.68. The third-order valence-electron chi connectivity index (χ3n) is 4.02. The number of anilines is 1. The normalized spacial score (nSPS) is 11.3. The van der Waals surface area contributed by atoms with Gasteiger partial charge in [-0.2, -0.15) is 5.10 Å². The third kappa shape index (κ3) is 6.25. The number of ether oxygens (including phenoxy) is 3. The standard InChI is InChI=1S/C19H22BrN3O7S/c1-28-13-5-6-16(29-2)15(9-13)23(31(4,26)27)11-18(24)22-21-10-12-7-14(20)19(25)17(8-12)30-3/h5-10,25H,11H2,1-4H3,(H,22,24)/b21-10-. The molecule has 2 rings (SSSR count). The lowest BCUT2D eigenvalue weighted by Gasteiger charge is -2.23. The molecule has 0 bridgehead atoms. The van der Waals surface area contributed by atoms with E-state index in [1.807, 2.05) is 0 Å². The maximum atomic E-state index is 12.4. The number of benzene rings is 2. The number of hydrazone groups is 1. The summed E-state index contributed by atoms with van der Waals surface area (Å²) in [5.41, 5.74) is 2.95. The fraction of sp³-hybridized carbons (Fsp3) is 0.263. The zero-order valence-corrected chi connectivity index (χ0v) is 19.7. The van der Waals surface area contributed by atoms with Crippen LogP contribution in [0.5, 0.6) is 23.0 Å². The molecule has 0 aliphatic carbocycles. The van der Waals surface area contributed by atoms with Gasteiger partial charge in [-0.15, -0.1) is 0 Å².